The van der Waals surface area contributed by atoms with Gasteiger partial charge in [0.05, 0.1) is 10.5 Å². The number of likely N-dealkylation sites (N-methyl/N-ethyl adjacent to an activating group) is 2. The van der Waals surface area contributed by atoms with E-state index in [2.05, 4.69) is 20.4 Å². The van der Waals surface area contributed by atoms with Crippen LogP contribution in [0.2, 0.25) is 0 Å². The van der Waals surface area contributed by atoms with E-state index in [0.717, 1.165) is 35.2 Å². The summed E-state index contributed by atoms with van der Waals surface area (Å²) in [5.41, 5.74) is 8.71. The highest BCUT2D eigenvalue weighted by atomic mass is 32.2. The van der Waals surface area contributed by atoms with E-state index < -0.39 is 32.5 Å². The number of halogens is 2. The Morgan fingerprint density at radius 1 is 1.14 bits per heavy atom. The van der Waals surface area contributed by atoms with Gasteiger partial charge in [0.2, 0.25) is 10.0 Å². The molecule has 0 bridgehead atoms. The van der Waals surface area contributed by atoms with Crippen LogP contribution >= 0.6 is 0 Å². The summed E-state index contributed by atoms with van der Waals surface area (Å²) in [5.74, 6) is -2.31. The quantitative estimate of drug-likeness (QED) is 0.379. The number of nitrogens with two attached hydrogens (primary N) is 1. The molecule has 0 spiro atoms. The Morgan fingerprint density at radius 2 is 1.84 bits per heavy atom. The third-order valence-corrected chi connectivity index (χ3v) is 8.03. The van der Waals surface area contributed by atoms with Gasteiger partial charge in [-0.15, -0.1) is 0 Å². The Kier molecular flexibility index (Phi) is 7.48. The third-order valence-electron chi connectivity index (χ3n) is 6.21. The number of rotatable bonds is 8. The number of hydrogen-bond acceptors (Lipinski definition) is 7. The van der Waals surface area contributed by atoms with E-state index in [1.54, 1.807) is 18.2 Å². The lowest BCUT2D eigenvalue weighted by Crippen LogP contribution is -2.36. The molecule has 1 aliphatic rings. The van der Waals surface area contributed by atoms with Gasteiger partial charge in [0.25, 0.3) is 5.91 Å². The van der Waals surface area contributed by atoms with Crippen molar-refractivity contribution in [2.24, 2.45) is 0 Å². The van der Waals surface area contributed by atoms with E-state index in [9.17, 15) is 22.0 Å². The first-order chi connectivity index (χ1) is 17.5. The third kappa shape index (κ3) is 5.73. The van der Waals surface area contributed by atoms with Crippen molar-refractivity contribution in [2.45, 2.75) is 17.9 Å². The molecule has 0 fully saturated rings. The van der Waals surface area contributed by atoms with E-state index in [4.69, 9.17) is 5.73 Å². The lowest BCUT2D eigenvalue weighted by atomic mass is 10.1. The smallest absolute Gasteiger partial charge is 0.258 e. The molecule has 0 saturated heterocycles. The number of carbonyl (C=O) groups is 1. The molecule has 1 aromatic heterocycles. The van der Waals surface area contributed by atoms with Gasteiger partial charge in [-0.1, -0.05) is 0 Å². The Bertz CT molecular complexity index is 1410. The maximum atomic E-state index is 13.7. The molecule has 37 heavy (non-hydrogen) atoms. The zero-order valence-electron chi connectivity index (χ0n) is 20.8. The minimum atomic E-state index is -4.18. The summed E-state index contributed by atoms with van der Waals surface area (Å²) in [5, 5.41) is 9.67. The summed E-state index contributed by atoms with van der Waals surface area (Å²) in [7, 11) is 1.72. The molecule has 198 valence electrons. The van der Waals surface area contributed by atoms with Gasteiger partial charge in [-0.25, -0.2) is 17.2 Å². The molecule has 3 aromatic rings. The predicted octanol–water partition coefficient (Wildman–Crippen LogP) is 2.27. The number of aromatic amines is 1. The van der Waals surface area contributed by atoms with Crippen LogP contribution in [0.3, 0.4) is 0 Å². The summed E-state index contributed by atoms with van der Waals surface area (Å²) >= 11 is 0. The fourth-order valence-corrected chi connectivity index (χ4v) is 5.51. The van der Waals surface area contributed by atoms with Crippen LogP contribution in [-0.4, -0.2) is 74.5 Å². The molecule has 0 aliphatic carbocycles. The van der Waals surface area contributed by atoms with Gasteiger partial charge in [0.1, 0.15) is 11.6 Å². The first-order valence-corrected chi connectivity index (χ1v) is 13.0. The zero-order chi connectivity index (χ0) is 26.9. The van der Waals surface area contributed by atoms with Gasteiger partial charge in [0.15, 0.2) is 5.82 Å². The van der Waals surface area contributed by atoms with Crippen LogP contribution in [0.5, 0.6) is 0 Å². The van der Waals surface area contributed by atoms with Crippen molar-refractivity contribution in [3.8, 4) is 0 Å². The molecule has 4 N–H and O–H groups in total. The second kappa shape index (κ2) is 10.4. The summed E-state index contributed by atoms with van der Waals surface area (Å²) in [6.07, 6.45) is 0.283. The summed E-state index contributed by atoms with van der Waals surface area (Å²) in [6.45, 7) is 1.58. The molecular weight excluding hydrogens is 504 g/mol. The summed E-state index contributed by atoms with van der Waals surface area (Å²) in [6, 6.07) is 7.30. The number of carbonyl (C=O) groups excluding carboxylic acids is 1. The molecule has 0 unspecified atom stereocenters. The van der Waals surface area contributed by atoms with E-state index in [-0.39, 0.29) is 36.6 Å². The standard InChI is InChI=1S/C24H29F2N7O3S/c1-31(2)8-9-32(3)17-4-5-19(21(27)13-17)24(34)28-23-20-14-33(7-6-22(20)29-30-23)37(35,36)18-11-15(25)10-16(26)12-18/h4-5,10-13H,6-9,14,27H2,1-3H3,(H2,28,29,30,34). The molecule has 4 rings (SSSR count). The monoisotopic (exact) mass is 533 g/mol. The molecule has 0 radical (unpaired) electrons. The molecule has 1 aliphatic heterocycles. The van der Waals surface area contributed by atoms with E-state index in [1.165, 1.54) is 0 Å². The number of fused-ring (bicyclic) bond motifs is 1. The molecule has 2 aromatic carbocycles. The van der Waals surface area contributed by atoms with E-state index in [1.807, 2.05) is 26.0 Å². The number of sulfonamides is 1. The minimum Gasteiger partial charge on any atom is -0.398 e. The van der Waals surface area contributed by atoms with Gasteiger partial charge in [-0.05, 0) is 44.4 Å². The van der Waals surface area contributed by atoms with Crippen molar-refractivity contribution < 1.29 is 22.0 Å². The van der Waals surface area contributed by atoms with Crippen LogP contribution in [0.1, 0.15) is 21.6 Å². The second-order valence-corrected chi connectivity index (χ2v) is 11.1. The van der Waals surface area contributed by atoms with E-state index >= 15 is 0 Å². The fraction of sp³-hybridized carbons (Fsp3) is 0.333. The maximum Gasteiger partial charge on any atom is 0.258 e. The lowest BCUT2D eigenvalue weighted by Gasteiger charge is -2.26. The minimum absolute atomic E-state index is 0.0821. The Balaban J connectivity index is 1.51. The fourth-order valence-electron chi connectivity index (χ4n) is 4.05. The number of benzene rings is 2. The number of anilines is 3. The van der Waals surface area contributed by atoms with Crippen molar-refractivity contribution in [1.82, 2.24) is 19.4 Å². The van der Waals surface area contributed by atoms with Gasteiger partial charge in [-0.2, -0.15) is 9.40 Å². The SMILES string of the molecule is CN(C)CCN(C)c1ccc(C(=O)Nc2n[nH]c3c2CN(S(=O)(=O)c2cc(F)cc(F)c2)CC3)c(N)c1. The molecule has 1 amide bonds. The highest BCUT2D eigenvalue weighted by molar-refractivity contribution is 7.89. The zero-order valence-corrected chi connectivity index (χ0v) is 21.6. The van der Waals surface area contributed by atoms with Crippen molar-refractivity contribution in [2.75, 3.05) is 56.7 Å². The molecule has 13 heteroatoms. The van der Waals surface area contributed by atoms with Gasteiger partial charge >= 0.3 is 0 Å². The Hall–Kier alpha value is -3.55. The van der Waals surface area contributed by atoms with Gasteiger partial charge in [0, 0.05) is 68.3 Å². The highest BCUT2D eigenvalue weighted by Gasteiger charge is 2.32. The highest BCUT2D eigenvalue weighted by Crippen LogP contribution is 2.29. The number of hydrogen-bond donors (Lipinski definition) is 3. The first-order valence-electron chi connectivity index (χ1n) is 11.5. The van der Waals surface area contributed by atoms with Crippen molar-refractivity contribution in [3.05, 3.63) is 64.9 Å². The van der Waals surface area contributed by atoms with Crippen LogP contribution in [0.4, 0.5) is 26.0 Å². The van der Waals surface area contributed by atoms with Crippen LogP contribution in [0.15, 0.2) is 41.3 Å². The van der Waals surface area contributed by atoms with Crippen molar-refractivity contribution >= 4 is 33.1 Å². The molecule has 10 nitrogen and oxygen atoms in total. The number of nitrogens with zero attached hydrogens (tertiary/aromatic N) is 4. The number of nitrogens with one attached hydrogen (secondary N) is 2. The summed E-state index contributed by atoms with van der Waals surface area (Å²) in [4.78, 5) is 16.6. The number of nitrogen functional groups attached to an aromatic ring is 1. The molecule has 2 heterocycles. The van der Waals surface area contributed by atoms with Crippen molar-refractivity contribution in [1.29, 1.82) is 0 Å². The normalized spacial score (nSPS) is 14.0. The molecule has 0 atom stereocenters. The lowest BCUT2D eigenvalue weighted by molar-refractivity contribution is 0.102. The van der Waals surface area contributed by atoms with Crippen LogP contribution in [0.25, 0.3) is 0 Å². The molecule has 0 saturated carbocycles. The van der Waals surface area contributed by atoms with Crippen molar-refractivity contribution in [3.63, 3.8) is 0 Å². The number of aromatic nitrogens is 2. The van der Waals surface area contributed by atoms with E-state index in [0.29, 0.717) is 17.3 Å². The second-order valence-electron chi connectivity index (χ2n) is 9.17. The number of amides is 1. The number of H-pyrrole nitrogens is 1. The maximum absolute atomic E-state index is 13.7. The predicted molar refractivity (Wildman–Crippen MR) is 137 cm³/mol. The topological polar surface area (TPSA) is 128 Å². The summed E-state index contributed by atoms with van der Waals surface area (Å²) < 4.78 is 54.5. The Labute approximate surface area is 214 Å². The van der Waals surface area contributed by atoms with Crippen LogP contribution in [-0.2, 0) is 23.0 Å². The van der Waals surface area contributed by atoms with Gasteiger partial charge < -0.3 is 20.9 Å². The average Bonchev–Trinajstić information content (AvgIpc) is 3.23. The van der Waals surface area contributed by atoms with Gasteiger partial charge in [-0.3, -0.25) is 9.89 Å². The average molecular weight is 534 g/mol. The Morgan fingerprint density at radius 3 is 2.49 bits per heavy atom. The first kappa shape index (κ1) is 26.5. The van der Waals surface area contributed by atoms with Crippen LogP contribution in [0, 0.1) is 11.6 Å². The largest absolute Gasteiger partial charge is 0.398 e. The van der Waals surface area contributed by atoms with Crippen LogP contribution < -0.4 is 16.0 Å². The molecular formula is C24H29F2N7O3S.